The minimum absolute atomic E-state index is 0.419. The third kappa shape index (κ3) is 1.67. The molecule has 1 N–H and O–H groups in total. The van der Waals surface area contributed by atoms with Crippen molar-refractivity contribution in [2.45, 2.75) is 26.8 Å². The fourth-order valence-electron chi connectivity index (χ4n) is 1.10. The Bertz CT molecular complexity index is 253. The van der Waals surface area contributed by atoms with Crippen LogP contribution in [0.5, 0.6) is 0 Å². The van der Waals surface area contributed by atoms with Gasteiger partial charge in [0.2, 0.25) is 0 Å². The molecular weight excluding hydrogens is 168 g/mol. The van der Waals surface area contributed by atoms with Crippen LogP contribution in [-0.4, -0.2) is 15.9 Å². The van der Waals surface area contributed by atoms with Crippen LogP contribution in [0.2, 0.25) is 0 Å². The van der Waals surface area contributed by atoms with E-state index in [1.165, 1.54) is 0 Å². The number of hydrogen-bond acceptors (Lipinski definition) is 2. The van der Waals surface area contributed by atoms with Crippen LogP contribution < -0.4 is 5.32 Å². The Morgan fingerprint density at radius 3 is 2.67 bits per heavy atom. The summed E-state index contributed by atoms with van der Waals surface area (Å²) in [6.45, 7) is 10.1. The number of nitrogens with zero attached hydrogens (tertiary/aromatic N) is 1. The van der Waals surface area contributed by atoms with Crippen LogP contribution >= 0.6 is 12.2 Å². The first-order chi connectivity index (χ1) is 5.52. The summed E-state index contributed by atoms with van der Waals surface area (Å²) < 4.78 is 0. The molecule has 1 aliphatic rings. The van der Waals surface area contributed by atoms with E-state index in [9.17, 15) is 0 Å². The molecule has 0 saturated heterocycles. The van der Waals surface area contributed by atoms with Crippen LogP contribution in [0.4, 0.5) is 0 Å². The average molecular weight is 182 g/mol. The predicted octanol–water partition coefficient (Wildman–Crippen LogP) is 2.00. The van der Waals surface area contributed by atoms with E-state index in [4.69, 9.17) is 12.2 Å². The Balaban J connectivity index is 2.90. The Kier molecular flexibility index (Phi) is 2.52. The van der Waals surface area contributed by atoms with E-state index in [-0.39, 0.29) is 0 Å². The normalized spacial score (nSPS) is 18.0. The molecule has 0 fully saturated rings. The van der Waals surface area contributed by atoms with Crippen LogP contribution in [0, 0.1) is 0 Å². The molecule has 0 spiro atoms. The van der Waals surface area contributed by atoms with E-state index in [0.717, 1.165) is 16.4 Å². The van der Waals surface area contributed by atoms with Gasteiger partial charge in [0, 0.05) is 17.8 Å². The van der Waals surface area contributed by atoms with E-state index in [1.807, 2.05) is 13.1 Å². The fourth-order valence-corrected chi connectivity index (χ4v) is 1.27. The van der Waals surface area contributed by atoms with Gasteiger partial charge in [-0.3, -0.25) is 0 Å². The zero-order valence-corrected chi connectivity index (χ0v) is 8.53. The molecule has 12 heavy (non-hydrogen) atoms. The number of hydrogen-bond donors (Lipinski definition) is 1. The predicted molar refractivity (Wildman–Crippen MR) is 55.6 cm³/mol. The largest absolute Gasteiger partial charge is 0.333 e. The van der Waals surface area contributed by atoms with Gasteiger partial charge in [-0.05, 0) is 20.8 Å². The van der Waals surface area contributed by atoms with Crippen molar-refractivity contribution in [2.75, 3.05) is 0 Å². The lowest BCUT2D eigenvalue weighted by Gasteiger charge is -2.32. The molecule has 0 saturated carbocycles. The molecule has 1 aliphatic heterocycles. The molecule has 0 aliphatic carbocycles. The molecule has 0 aromatic heterocycles. The zero-order valence-electron chi connectivity index (χ0n) is 7.72. The van der Waals surface area contributed by atoms with Gasteiger partial charge >= 0.3 is 0 Å². The van der Waals surface area contributed by atoms with Crippen molar-refractivity contribution in [1.82, 2.24) is 10.2 Å². The summed E-state index contributed by atoms with van der Waals surface area (Å²) >= 11 is 5.08. The summed E-state index contributed by atoms with van der Waals surface area (Å²) in [4.78, 5) is 2.85. The van der Waals surface area contributed by atoms with E-state index >= 15 is 0 Å². The van der Waals surface area contributed by atoms with Crippen molar-refractivity contribution in [1.29, 1.82) is 0 Å². The first-order valence-electron chi connectivity index (χ1n) is 3.99. The van der Waals surface area contributed by atoms with E-state index in [0.29, 0.717) is 6.04 Å². The van der Waals surface area contributed by atoms with Crippen molar-refractivity contribution < 1.29 is 0 Å². The van der Waals surface area contributed by atoms with Crippen LogP contribution in [0.15, 0.2) is 24.2 Å². The fraction of sp³-hybridized carbons (Fsp3) is 0.444. The third-order valence-electron chi connectivity index (χ3n) is 1.82. The highest BCUT2D eigenvalue weighted by Gasteiger charge is 2.16. The Labute approximate surface area is 78.9 Å². The summed E-state index contributed by atoms with van der Waals surface area (Å²) in [7, 11) is 0. The molecule has 3 heteroatoms. The highest BCUT2D eigenvalue weighted by Crippen LogP contribution is 2.14. The smallest absolute Gasteiger partial charge is 0.109 e. The summed E-state index contributed by atoms with van der Waals surface area (Å²) in [5, 5.41) is 3.06. The van der Waals surface area contributed by atoms with E-state index < -0.39 is 0 Å². The quantitative estimate of drug-likeness (QED) is 0.624. The highest BCUT2D eigenvalue weighted by atomic mass is 32.1. The maximum Gasteiger partial charge on any atom is 0.109 e. The number of rotatable bonds is 1. The molecular formula is C9H14N2S. The van der Waals surface area contributed by atoms with Crippen LogP contribution in [0.25, 0.3) is 0 Å². The van der Waals surface area contributed by atoms with Crippen molar-refractivity contribution in [3.05, 3.63) is 24.2 Å². The molecule has 0 aromatic carbocycles. The number of thiocarbonyl (C=S) groups is 1. The van der Waals surface area contributed by atoms with Crippen LogP contribution in [-0.2, 0) is 0 Å². The second kappa shape index (κ2) is 3.27. The third-order valence-corrected chi connectivity index (χ3v) is 2.24. The molecule has 1 heterocycles. The van der Waals surface area contributed by atoms with Crippen LogP contribution in [0.1, 0.15) is 20.8 Å². The second-order valence-electron chi connectivity index (χ2n) is 3.21. The summed E-state index contributed by atoms with van der Waals surface area (Å²) in [6.07, 6.45) is 2.03. The maximum absolute atomic E-state index is 5.08. The Hall–Kier alpha value is -0.830. The average Bonchev–Trinajstić information content (AvgIpc) is 1.96. The topological polar surface area (TPSA) is 15.3 Å². The maximum atomic E-state index is 5.08. The molecule has 0 radical (unpaired) electrons. The lowest BCUT2D eigenvalue weighted by atomic mass is 10.2. The van der Waals surface area contributed by atoms with Crippen molar-refractivity contribution >= 4 is 17.2 Å². The minimum atomic E-state index is 0.419. The SMILES string of the molecule is C=C1NC(=S)C(C)=CN1C(C)C. The van der Waals surface area contributed by atoms with Gasteiger partial charge in [-0.25, -0.2) is 0 Å². The monoisotopic (exact) mass is 182 g/mol. The molecule has 66 valence electrons. The first-order valence-corrected chi connectivity index (χ1v) is 4.40. The lowest BCUT2D eigenvalue weighted by molar-refractivity contribution is 0.365. The van der Waals surface area contributed by atoms with Gasteiger partial charge in [-0.1, -0.05) is 18.8 Å². The lowest BCUT2D eigenvalue weighted by Crippen LogP contribution is -2.39. The molecule has 0 bridgehead atoms. The Morgan fingerprint density at radius 2 is 2.17 bits per heavy atom. The van der Waals surface area contributed by atoms with Crippen LogP contribution in [0.3, 0.4) is 0 Å². The molecule has 1 rings (SSSR count). The van der Waals surface area contributed by atoms with Gasteiger partial charge in [0.1, 0.15) is 10.8 Å². The van der Waals surface area contributed by atoms with E-state index in [2.05, 4.69) is 30.6 Å². The zero-order chi connectivity index (χ0) is 9.30. The van der Waals surface area contributed by atoms with Gasteiger partial charge in [0.05, 0.1) is 0 Å². The van der Waals surface area contributed by atoms with Gasteiger partial charge < -0.3 is 10.2 Å². The molecule has 0 amide bonds. The summed E-state index contributed by atoms with van der Waals surface area (Å²) in [6, 6.07) is 0.419. The molecule has 2 nitrogen and oxygen atoms in total. The van der Waals surface area contributed by atoms with Crippen molar-refractivity contribution in [3.8, 4) is 0 Å². The van der Waals surface area contributed by atoms with Crippen molar-refractivity contribution in [3.63, 3.8) is 0 Å². The Morgan fingerprint density at radius 1 is 1.58 bits per heavy atom. The van der Waals surface area contributed by atoms with Gasteiger partial charge in [0.15, 0.2) is 0 Å². The van der Waals surface area contributed by atoms with Gasteiger partial charge in [-0.15, -0.1) is 0 Å². The summed E-state index contributed by atoms with van der Waals surface area (Å²) in [5.41, 5.74) is 1.09. The molecule has 0 aromatic rings. The summed E-state index contributed by atoms with van der Waals surface area (Å²) in [5.74, 6) is 0.862. The highest BCUT2D eigenvalue weighted by molar-refractivity contribution is 7.80. The standard InChI is InChI=1S/C9H14N2S/c1-6(2)11-5-7(3)9(12)10-8(11)4/h5-6H,4H2,1-3H3,(H,10,12). The molecule has 0 atom stereocenters. The first kappa shape index (κ1) is 9.26. The van der Waals surface area contributed by atoms with E-state index in [1.54, 1.807) is 0 Å². The second-order valence-corrected chi connectivity index (χ2v) is 3.62. The van der Waals surface area contributed by atoms with Crippen molar-refractivity contribution in [2.24, 2.45) is 0 Å². The van der Waals surface area contributed by atoms with Gasteiger partial charge in [0.25, 0.3) is 0 Å². The minimum Gasteiger partial charge on any atom is -0.333 e. The number of nitrogens with one attached hydrogen (secondary N) is 1. The van der Waals surface area contributed by atoms with Gasteiger partial charge in [-0.2, -0.15) is 0 Å². The molecule has 0 unspecified atom stereocenters.